The van der Waals surface area contributed by atoms with Crippen LogP contribution in [0.4, 0.5) is 4.79 Å². The summed E-state index contributed by atoms with van der Waals surface area (Å²) in [6.07, 6.45) is 3.31. The van der Waals surface area contributed by atoms with Gasteiger partial charge in [0.15, 0.2) is 0 Å². The molecule has 3 rings (SSSR count). The monoisotopic (exact) mass is 366 g/mol. The van der Waals surface area contributed by atoms with Crippen LogP contribution in [0.3, 0.4) is 0 Å². The average molecular weight is 366 g/mol. The van der Waals surface area contributed by atoms with Gasteiger partial charge in [-0.05, 0) is 38.0 Å². The maximum absolute atomic E-state index is 12.9. The third kappa shape index (κ3) is 3.67. The number of hydrogen-bond donors (Lipinski definition) is 2. The van der Waals surface area contributed by atoms with Crippen molar-refractivity contribution in [1.82, 2.24) is 20.5 Å². The highest BCUT2D eigenvalue weighted by molar-refractivity contribution is 6.09. The van der Waals surface area contributed by atoms with Crippen LogP contribution >= 0.6 is 0 Å². The van der Waals surface area contributed by atoms with Crippen LogP contribution in [0.5, 0.6) is 0 Å². The molecule has 0 radical (unpaired) electrons. The molecule has 1 saturated heterocycles. The molecule has 0 spiro atoms. The quantitative estimate of drug-likeness (QED) is 0.792. The molecule has 0 bridgehead atoms. The van der Waals surface area contributed by atoms with Gasteiger partial charge in [-0.3, -0.25) is 19.5 Å². The van der Waals surface area contributed by atoms with Crippen molar-refractivity contribution < 1.29 is 14.4 Å². The van der Waals surface area contributed by atoms with Crippen LogP contribution in [0.2, 0.25) is 0 Å². The number of aromatic nitrogens is 1. The predicted octanol–water partition coefficient (Wildman–Crippen LogP) is 2.03. The normalized spacial score (nSPS) is 20.3. The van der Waals surface area contributed by atoms with Crippen molar-refractivity contribution in [1.29, 1.82) is 0 Å². The number of benzene rings is 1. The topological polar surface area (TPSA) is 91.4 Å². The van der Waals surface area contributed by atoms with Crippen LogP contribution in [-0.2, 0) is 15.1 Å². The molecule has 2 N–H and O–H groups in total. The third-order valence-electron chi connectivity index (χ3n) is 4.77. The van der Waals surface area contributed by atoms with Crippen molar-refractivity contribution in [2.45, 2.75) is 32.4 Å². The first-order valence-electron chi connectivity index (χ1n) is 8.72. The standard InChI is InChI=1S/C20H22N4O3/c1-13-6-8-16(9-7-13)20(3)18(26)24(19(27)23-20)12-17(25)22-14(2)15-5-4-10-21-11-15/h4-11,14H,12H2,1-3H3,(H,22,25)(H,23,27). The van der Waals surface area contributed by atoms with E-state index in [1.807, 2.05) is 44.2 Å². The molecule has 2 heterocycles. The zero-order chi connectivity index (χ0) is 19.6. The van der Waals surface area contributed by atoms with Gasteiger partial charge in [-0.25, -0.2) is 4.79 Å². The Morgan fingerprint density at radius 3 is 2.59 bits per heavy atom. The van der Waals surface area contributed by atoms with E-state index in [0.29, 0.717) is 5.56 Å². The summed E-state index contributed by atoms with van der Waals surface area (Å²) in [5.74, 6) is -0.858. The molecule has 1 aliphatic rings. The Hall–Kier alpha value is -3.22. The van der Waals surface area contributed by atoms with Gasteiger partial charge < -0.3 is 10.6 Å². The lowest BCUT2D eigenvalue weighted by Crippen LogP contribution is -2.43. The van der Waals surface area contributed by atoms with Gasteiger partial charge in [-0.15, -0.1) is 0 Å². The van der Waals surface area contributed by atoms with Gasteiger partial charge >= 0.3 is 6.03 Å². The van der Waals surface area contributed by atoms with Gasteiger partial charge in [0.2, 0.25) is 5.91 Å². The molecule has 2 aromatic rings. The van der Waals surface area contributed by atoms with E-state index in [4.69, 9.17) is 0 Å². The SMILES string of the molecule is Cc1ccc(C2(C)NC(=O)N(CC(=O)NC(C)c3cccnc3)C2=O)cc1. The molecular weight excluding hydrogens is 344 g/mol. The Labute approximate surface area is 157 Å². The number of amides is 4. The van der Waals surface area contributed by atoms with Crippen molar-refractivity contribution in [3.63, 3.8) is 0 Å². The number of urea groups is 1. The Balaban J connectivity index is 1.70. The molecule has 1 aromatic heterocycles. The van der Waals surface area contributed by atoms with E-state index in [2.05, 4.69) is 15.6 Å². The molecule has 7 nitrogen and oxygen atoms in total. The van der Waals surface area contributed by atoms with Crippen LogP contribution < -0.4 is 10.6 Å². The van der Waals surface area contributed by atoms with Crippen molar-refractivity contribution in [3.05, 3.63) is 65.5 Å². The second kappa shape index (κ2) is 7.19. The van der Waals surface area contributed by atoms with Gasteiger partial charge in [0.25, 0.3) is 5.91 Å². The molecule has 1 aliphatic heterocycles. The van der Waals surface area contributed by atoms with Crippen LogP contribution in [0.15, 0.2) is 48.8 Å². The van der Waals surface area contributed by atoms with E-state index in [9.17, 15) is 14.4 Å². The summed E-state index contributed by atoms with van der Waals surface area (Å²) in [6, 6.07) is 10.1. The first-order chi connectivity index (χ1) is 12.8. The lowest BCUT2D eigenvalue weighted by atomic mass is 9.91. The second-order valence-corrected chi connectivity index (χ2v) is 6.89. The number of rotatable bonds is 5. The number of pyridine rings is 1. The van der Waals surface area contributed by atoms with Gasteiger partial charge in [0.1, 0.15) is 12.1 Å². The average Bonchev–Trinajstić information content (AvgIpc) is 2.87. The summed E-state index contributed by atoms with van der Waals surface area (Å²) in [5, 5.41) is 5.49. The fourth-order valence-electron chi connectivity index (χ4n) is 3.07. The molecule has 27 heavy (non-hydrogen) atoms. The summed E-state index contributed by atoms with van der Waals surface area (Å²) in [6.45, 7) is 5.07. The summed E-state index contributed by atoms with van der Waals surface area (Å²) in [5.41, 5.74) is 1.39. The smallest absolute Gasteiger partial charge is 0.325 e. The first kappa shape index (κ1) is 18.6. The Bertz CT molecular complexity index is 867. The van der Waals surface area contributed by atoms with Gasteiger partial charge in [0.05, 0.1) is 6.04 Å². The Kier molecular flexibility index (Phi) is 4.94. The van der Waals surface area contributed by atoms with Crippen molar-refractivity contribution in [2.75, 3.05) is 6.54 Å². The van der Waals surface area contributed by atoms with Gasteiger partial charge in [-0.2, -0.15) is 0 Å². The molecule has 2 atom stereocenters. The fraction of sp³-hybridized carbons (Fsp3) is 0.300. The molecule has 1 fully saturated rings. The maximum Gasteiger partial charge on any atom is 0.325 e. The highest BCUT2D eigenvalue weighted by atomic mass is 16.2. The number of nitrogens with one attached hydrogen (secondary N) is 2. The lowest BCUT2D eigenvalue weighted by Gasteiger charge is -2.22. The number of nitrogens with zero attached hydrogens (tertiary/aromatic N) is 2. The van der Waals surface area contributed by atoms with E-state index in [1.54, 1.807) is 25.4 Å². The summed E-state index contributed by atoms with van der Waals surface area (Å²) in [4.78, 5) is 42.5. The molecule has 4 amide bonds. The van der Waals surface area contributed by atoms with Crippen molar-refractivity contribution in [3.8, 4) is 0 Å². The minimum absolute atomic E-state index is 0.282. The summed E-state index contributed by atoms with van der Waals surface area (Å²) < 4.78 is 0. The lowest BCUT2D eigenvalue weighted by molar-refractivity contribution is -0.135. The number of hydrogen-bond acceptors (Lipinski definition) is 4. The number of carbonyl (C=O) groups is 3. The van der Waals surface area contributed by atoms with Crippen LogP contribution in [0, 0.1) is 6.92 Å². The molecule has 0 aliphatic carbocycles. The van der Waals surface area contributed by atoms with E-state index in [0.717, 1.165) is 16.0 Å². The van der Waals surface area contributed by atoms with E-state index >= 15 is 0 Å². The number of carbonyl (C=O) groups excluding carboxylic acids is 3. The van der Waals surface area contributed by atoms with E-state index in [-0.39, 0.29) is 12.6 Å². The highest BCUT2D eigenvalue weighted by Crippen LogP contribution is 2.28. The minimum atomic E-state index is -1.18. The van der Waals surface area contributed by atoms with Gasteiger partial charge in [-0.1, -0.05) is 35.9 Å². The van der Waals surface area contributed by atoms with E-state index in [1.165, 1.54) is 0 Å². The fourth-order valence-corrected chi connectivity index (χ4v) is 3.07. The molecule has 1 aromatic carbocycles. The van der Waals surface area contributed by atoms with E-state index < -0.39 is 23.4 Å². The molecule has 7 heteroatoms. The molecule has 0 saturated carbocycles. The maximum atomic E-state index is 12.9. The predicted molar refractivity (Wildman–Crippen MR) is 99.6 cm³/mol. The van der Waals surface area contributed by atoms with Crippen molar-refractivity contribution >= 4 is 17.8 Å². The summed E-state index contributed by atoms with van der Waals surface area (Å²) in [7, 11) is 0. The number of imide groups is 1. The van der Waals surface area contributed by atoms with Crippen molar-refractivity contribution in [2.24, 2.45) is 0 Å². The second-order valence-electron chi connectivity index (χ2n) is 6.89. The Morgan fingerprint density at radius 1 is 1.26 bits per heavy atom. The molecule has 2 unspecified atom stereocenters. The minimum Gasteiger partial charge on any atom is -0.348 e. The van der Waals surface area contributed by atoms with Crippen LogP contribution in [0.1, 0.15) is 36.6 Å². The number of aryl methyl sites for hydroxylation is 1. The Morgan fingerprint density at radius 2 is 1.96 bits per heavy atom. The van der Waals surface area contributed by atoms with Crippen LogP contribution in [-0.4, -0.2) is 34.3 Å². The summed E-state index contributed by atoms with van der Waals surface area (Å²) >= 11 is 0. The van der Waals surface area contributed by atoms with Crippen LogP contribution in [0.25, 0.3) is 0 Å². The highest BCUT2D eigenvalue weighted by Gasteiger charge is 2.49. The third-order valence-corrected chi connectivity index (χ3v) is 4.77. The first-order valence-corrected chi connectivity index (χ1v) is 8.72. The van der Waals surface area contributed by atoms with Gasteiger partial charge in [0, 0.05) is 12.4 Å². The largest absolute Gasteiger partial charge is 0.348 e. The zero-order valence-corrected chi connectivity index (χ0v) is 15.5. The molecule has 140 valence electrons. The molecular formula is C20H22N4O3. The zero-order valence-electron chi connectivity index (χ0n) is 15.5.